The molecule has 0 saturated carbocycles. The van der Waals surface area contributed by atoms with Gasteiger partial charge in [-0.3, -0.25) is 4.90 Å². The third-order valence-electron chi connectivity index (χ3n) is 10.3. The van der Waals surface area contributed by atoms with Crippen LogP contribution in [0.5, 0.6) is 0 Å². The Bertz CT molecular complexity index is 1540. The molecule has 2 unspecified atom stereocenters. The molecule has 0 aromatic heterocycles. The molecule has 4 heterocycles. The number of aliphatic imine (C=N–C) groups is 1. The van der Waals surface area contributed by atoms with Crippen molar-refractivity contribution in [2.45, 2.75) is 118 Å². The second-order valence-corrected chi connectivity index (χ2v) is 15.3. The lowest BCUT2D eigenvalue weighted by Gasteiger charge is -2.43. The van der Waals surface area contributed by atoms with Crippen LogP contribution < -0.4 is 4.90 Å². The Balaban J connectivity index is 0.000000677. The Labute approximate surface area is 314 Å². The van der Waals surface area contributed by atoms with Crippen LogP contribution in [-0.4, -0.2) is 109 Å². The number of piperazine rings is 1. The van der Waals surface area contributed by atoms with Gasteiger partial charge in [0.25, 0.3) is 0 Å². The molecule has 6 rings (SSSR count). The standard InChI is InChI=1S/C36H50N4O4.C5H11N.C2H6/c1-7-11-32(43-6)37-34(39-23-28-17-18-29(24-39)40(28)35(42)44-36(3,4)5)30-19-20-38(22-25(30)2)31-16-9-14-26-12-8-13-27(33(26)31)15-10-21-41;1-6-4-2-3-5-6;1-2/h8-9,11-14,16,28-29,41H,7,10,15,17-24H2,1-6H3;2-5H2,1H3;1-2H3/b32-11-,37-34+;;. The van der Waals surface area contributed by atoms with Crippen LogP contribution in [-0.2, 0) is 15.9 Å². The Morgan fingerprint density at radius 1 is 1.02 bits per heavy atom. The summed E-state index contributed by atoms with van der Waals surface area (Å²) in [5.41, 5.74) is 4.59. The zero-order valence-corrected chi connectivity index (χ0v) is 33.7. The van der Waals surface area contributed by atoms with Crippen molar-refractivity contribution in [3.8, 4) is 0 Å². The molecule has 2 bridgehead atoms. The summed E-state index contributed by atoms with van der Waals surface area (Å²) in [4.78, 5) is 27.5. The molecule has 2 aromatic carbocycles. The van der Waals surface area contributed by atoms with E-state index in [0.717, 1.165) is 70.5 Å². The highest BCUT2D eigenvalue weighted by molar-refractivity contribution is 6.01. The van der Waals surface area contributed by atoms with Crippen LogP contribution in [0.2, 0.25) is 0 Å². The molecule has 9 heteroatoms. The number of benzene rings is 2. The fourth-order valence-electron chi connectivity index (χ4n) is 7.91. The fourth-order valence-corrected chi connectivity index (χ4v) is 7.91. The number of carbonyl (C=O) groups is 1. The maximum absolute atomic E-state index is 13.2. The van der Waals surface area contributed by atoms with Crippen molar-refractivity contribution < 1.29 is 19.4 Å². The number of aliphatic hydroxyl groups is 1. The van der Waals surface area contributed by atoms with Gasteiger partial charge in [-0.15, -0.1) is 0 Å². The minimum atomic E-state index is -0.516. The van der Waals surface area contributed by atoms with Crippen molar-refractivity contribution in [2.24, 2.45) is 4.99 Å². The van der Waals surface area contributed by atoms with E-state index in [4.69, 9.17) is 14.5 Å². The first-order chi connectivity index (χ1) is 25.0. The van der Waals surface area contributed by atoms with Crippen molar-refractivity contribution in [1.29, 1.82) is 0 Å². The summed E-state index contributed by atoms with van der Waals surface area (Å²) in [5, 5.41) is 12.0. The Hall–Kier alpha value is -3.56. The summed E-state index contributed by atoms with van der Waals surface area (Å²) in [6.07, 6.45) is 9.91. The molecule has 0 spiro atoms. The largest absolute Gasteiger partial charge is 0.481 e. The van der Waals surface area contributed by atoms with Gasteiger partial charge in [0, 0.05) is 43.9 Å². The number of aryl methyl sites for hydroxylation is 1. The molecular weight excluding hydrogens is 651 g/mol. The number of allylic oxidation sites excluding steroid dienone is 1. The van der Waals surface area contributed by atoms with Crippen molar-refractivity contribution in [2.75, 3.05) is 64.9 Å². The highest BCUT2D eigenvalue weighted by Gasteiger charge is 2.45. The van der Waals surface area contributed by atoms with Crippen molar-refractivity contribution in [3.63, 3.8) is 0 Å². The number of nitrogens with zero attached hydrogens (tertiary/aromatic N) is 5. The van der Waals surface area contributed by atoms with E-state index in [0.29, 0.717) is 5.88 Å². The van der Waals surface area contributed by atoms with Gasteiger partial charge in [-0.05, 0) is 133 Å². The predicted molar refractivity (Wildman–Crippen MR) is 216 cm³/mol. The third-order valence-corrected chi connectivity index (χ3v) is 10.3. The Morgan fingerprint density at radius 3 is 2.21 bits per heavy atom. The maximum atomic E-state index is 13.2. The Kier molecular flexibility index (Phi) is 15.4. The van der Waals surface area contributed by atoms with Crippen LogP contribution in [0.15, 0.2) is 64.5 Å². The summed E-state index contributed by atoms with van der Waals surface area (Å²) in [6, 6.07) is 13.3. The summed E-state index contributed by atoms with van der Waals surface area (Å²) in [6.45, 7) is 20.1. The molecular formula is C43H67N5O4. The van der Waals surface area contributed by atoms with E-state index in [9.17, 15) is 9.90 Å². The normalized spacial score (nSPS) is 21.2. The summed E-state index contributed by atoms with van der Waals surface area (Å²) in [5.74, 6) is 1.61. The quantitative estimate of drug-likeness (QED) is 0.167. The van der Waals surface area contributed by atoms with Crippen molar-refractivity contribution in [1.82, 2.24) is 14.7 Å². The lowest BCUT2D eigenvalue weighted by molar-refractivity contribution is 0.00277. The molecule has 2 atom stereocenters. The van der Waals surface area contributed by atoms with Crippen LogP contribution >= 0.6 is 0 Å². The van der Waals surface area contributed by atoms with E-state index < -0.39 is 5.60 Å². The van der Waals surface area contributed by atoms with Crippen LogP contribution in [0.25, 0.3) is 10.8 Å². The molecule has 1 amide bonds. The smallest absolute Gasteiger partial charge is 0.410 e. The van der Waals surface area contributed by atoms with E-state index >= 15 is 0 Å². The number of amides is 1. The van der Waals surface area contributed by atoms with Crippen molar-refractivity contribution in [3.05, 3.63) is 65.1 Å². The minimum Gasteiger partial charge on any atom is -0.481 e. The van der Waals surface area contributed by atoms with E-state index in [2.05, 4.69) is 72.0 Å². The second-order valence-electron chi connectivity index (χ2n) is 15.3. The van der Waals surface area contributed by atoms with Gasteiger partial charge < -0.3 is 29.3 Å². The highest BCUT2D eigenvalue weighted by atomic mass is 16.6. The summed E-state index contributed by atoms with van der Waals surface area (Å²) < 4.78 is 11.5. The zero-order valence-electron chi connectivity index (χ0n) is 33.7. The van der Waals surface area contributed by atoms with Gasteiger partial charge in [-0.25, -0.2) is 4.79 Å². The lowest BCUT2D eigenvalue weighted by Crippen LogP contribution is -2.58. The van der Waals surface area contributed by atoms with E-state index in [1.807, 2.05) is 45.6 Å². The van der Waals surface area contributed by atoms with Crippen LogP contribution in [0, 0.1) is 0 Å². The highest BCUT2D eigenvalue weighted by Crippen LogP contribution is 2.36. The SMILES string of the molecule is CC.CC/C=C(/N=C(\C1=C(C)CN(c2cccc3cccc(CCCO)c23)CC1)N1CC2CCC(C1)N2C(=O)OC(C)(C)C)OC.CN1CCCC1. The molecule has 3 fully saturated rings. The average molecular weight is 718 g/mol. The van der Waals surface area contributed by atoms with E-state index in [-0.39, 0.29) is 24.8 Å². The minimum absolute atomic E-state index is 0.101. The number of aliphatic hydroxyl groups excluding tert-OH is 1. The molecule has 4 aliphatic heterocycles. The third kappa shape index (κ3) is 10.5. The van der Waals surface area contributed by atoms with Crippen LogP contribution in [0.1, 0.15) is 99.0 Å². The number of rotatable bonds is 8. The van der Waals surface area contributed by atoms with Gasteiger partial charge >= 0.3 is 6.09 Å². The molecule has 9 nitrogen and oxygen atoms in total. The van der Waals surface area contributed by atoms with Gasteiger partial charge in [0.2, 0.25) is 5.88 Å². The first kappa shape index (κ1) is 41.2. The molecule has 0 aliphatic carbocycles. The van der Waals surface area contributed by atoms with Gasteiger partial charge in [-0.1, -0.05) is 51.1 Å². The maximum Gasteiger partial charge on any atom is 0.410 e. The number of fused-ring (bicyclic) bond motifs is 3. The number of hydrogen-bond donors (Lipinski definition) is 1. The monoisotopic (exact) mass is 718 g/mol. The fraction of sp³-hybridized carbons (Fsp3) is 0.628. The lowest BCUT2D eigenvalue weighted by atomic mass is 9.95. The molecule has 4 aliphatic rings. The predicted octanol–water partition coefficient (Wildman–Crippen LogP) is 8.41. The number of methoxy groups -OCH3 is 1. The first-order valence-corrected chi connectivity index (χ1v) is 19.9. The van der Waals surface area contributed by atoms with Gasteiger partial charge in [-0.2, -0.15) is 4.99 Å². The number of hydrogen-bond acceptors (Lipinski definition) is 7. The van der Waals surface area contributed by atoms with Gasteiger partial charge in [0.1, 0.15) is 11.4 Å². The average Bonchev–Trinajstić information content (AvgIpc) is 3.72. The van der Waals surface area contributed by atoms with E-state index in [1.165, 1.54) is 59.1 Å². The van der Waals surface area contributed by atoms with E-state index in [1.54, 1.807) is 7.11 Å². The summed E-state index contributed by atoms with van der Waals surface area (Å²) in [7, 11) is 3.86. The Morgan fingerprint density at radius 2 is 1.67 bits per heavy atom. The van der Waals surface area contributed by atoms with Crippen molar-refractivity contribution >= 4 is 28.4 Å². The van der Waals surface area contributed by atoms with Gasteiger partial charge in [0.05, 0.1) is 19.2 Å². The molecule has 3 saturated heterocycles. The number of ether oxygens (including phenoxy) is 2. The number of carbonyl (C=O) groups excluding carboxylic acids is 1. The van der Waals surface area contributed by atoms with Crippen LogP contribution in [0.3, 0.4) is 0 Å². The molecule has 1 N–H and O–H groups in total. The molecule has 0 radical (unpaired) electrons. The number of anilines is 1. The first-order valence-electron chi connectivity index (χ1n) is 19.9. The second kappa shape index (κ2) is 19.5. The molecule has 52 heavy (non-hydrogen) atoms. The number of amidine groups is 1. The number of likely N-dealkylation sites (tertiary alicyclic amines) is 2. The zero-order chi connectivity index (χ0) is 37.8. The topological polar surface area (TPSA) is 81.1 Å². The molecule has 288 valence electrons. The summed E-state index contributed by atoms with van der Waals surface area (Å²) >= 11 is 0. The van der Waals surface area contributed by atoms with Gasteiger partial charge in [0.15, 0.2) is 0 Å². The molecule has 2 aromatic rings. The van der Waals surface area contributed by atoms with Crippen LogP contribution in [0.4, 0.5) is 10.5 Å².